The number of thioether (sulfide) groups is 1. The normalized spacial score (nSPS) is 10.6. The molecule has 152 valence electrons. The van der Waals surface area contributed by atoms with Gasteiger partial charge in [0.25, 0.3) is 11.1 Å². The van der Waals surface area contributed by atoms with Crippen molar-refractivity contribution in [1.82, 2.24) is 10.2 Å². The molecule has 1 N–H and O–H groups in total. The number of aromatic nitrogens is 2. The van der Waals surface area contributed by atoms with Gasteiger partial charge in [0.15, 0.2) is 6.61 Å². The maximum Gasteiger partial charge on any atom is 0.277 e. The first kappa shape index (κ1) is 21.0. The summed E-state index contributed by atoms with van der Waals surface area (Å²) < 4.78 is 16.4. The average molecular weight is 434 g/mol. The van der Waals surface area contributed by atoms with E-state index in [1.807, 2.05) is 26.0 Å². The van der Waals surface area contributed by atoms with Gasteiger partial charge in [-0.25, -0.2) is 0 Å². The molecule has 1 aromatic heterocycles. The number of halogens is 1. The predicted octanol–water partition coefficient (Wildman–Crippen LogP) is 4.66. The minimum Gasteiger partial charge on any atom is -0.495 e. The topological polar surface area (TPSA) is 86.5 Å². The van der Waals surface area contributed by atoms with Gasteiger partial charge in [0.2, 0.25) is 5.91 Å². The lowest BCUT2D eigenvalue weighted by molar-refractivity contribution is -0.113. The quantitative estimate of drug-likeness (QED) is 0.517. The smallest absolute Gasteiger partial charge is 0.277 e. The number of benzene rings is 2. The van der Waals surface area contributed by atoms with Gasteiger partial charge in [0, 0.05) is 5.02 Å². The molecule has 0 aliphatic rings. The highest BCUT2D eigenvalue weighted by Gasteiger charge is 2.13. The van der Waals surface area contributed by atoms with Crippen molar-refractivity contribution in [2.45, 2.75) is 25.7 Å². The Morgan fingerprint density at radius 1 is 1.17 bits per heavy atom. The first-order valence-corrected chi connectivity index (χ1v) is 10.1. The first-order valence-electron chi connectivity index (χ1n) is 8.72. The molecule has 0 saturated heterocycles. The molecule has 0 atom stereocenters. The fourth-order valence-corrected chi connectivity index (χ4v) is 3.36. The number of amides is 1. The van der Waals surface area contributed by atoms with Gasteiger partial charge in [-0.2, -0.15) is 0 Å². The second-order valence-corrected chi connectivity index (χ2v) is 7.62. The van der Waals surface area contributed by atoms with Gasteiger partial charge in [0.05, 0.1) is 18.6 Å². The number of ether oxygens (including phenoxy) is 2. The van der Waals surface area contributed by atoms with Crippen LogP contribution in [0.3, 0.4) is 0 Å². The molecule has 1 heterocycles. The summed E-state index contributed by atoms with van der Waals surface area (Å²) in [7, 11) is 1.52. The van der Waals surface area contributed by atoms with E-state index in [1.54, 1.807) is 18.2 Å². The molecule has 2 aromatic carbocycles. The minimum absolute atomic E-state index is 0.0925. The molecule has 0 radical (unpaired) electrons. The van der Waals surface area contributed by atoms with E-state index in [9.17, 15) is 4.79 Å². The molecule has 0 spiro atoms. The molecule has 3 rings (SSSR count). The monoisotopic (exact) mass is 433 g/mol. The number of hydrogen-bond donors (Lipinski definition) is 1. The molecule has 7 nitrogen and oxygen atoms in total. The molecule has 3 aromatic rings. The summed E-state index contributed by atoms with van der Waals surface area (Å²) >= 11 is 7.10. The molecule has 0 aliphatic carbocycles. The molecule has 0 aliphatic heterocycles. The Kier molecular flexibility index (Phi) is 7.00. The molecule has 0 saturated carbocycles. The Morgan fingerprint density at radius 2 is 1.93 bits per heavy atom. The van der Waals surface area contributed by atoms with Gasteiger partial charge in [-0.15, -0.1) is 10.2 Å². The second kappa shape index (κ2) is 9.67. The van der Waals surface area contributed by atoms with Crippen molar-refractivity contribution in [3.63, 3.8) is 0 Å². The van der Waals surface area contributed by atoms with Crippen molar-refractivity contribution in [3.8, 4) is 11.5 Å². The van der Waals surface area contributed by atoms with Crippen molar-refractivity contribution < 1.29 is 18.7 Å². The van der Waals surface area contributed by atoms with Gasteiger partial charge >= 0.3 is 0 Å². The number of methoxy groups -OCH3 is 1. The van der Waals surface area contributed by atoms with E-state index in [2.05, 4.69) is 21.6 Å². The van der Waals surface area contributed by atoms with Crippen LogP contribution in [0.2, 0.25) is 5.02 Å². The van der Waals surface area contributed by atoms with Gasteiger partial charge in [0.1, 0.15) is 11.5 Å². The third-order valence-electron chi connectivity index (χ3n) is 3.77. The minimum atomic E-state index is -0.248. The van der Waals surface area contributed by atoms with Crippen LogP contribution in [0.25, 0.3) is 0 Å². The highest BCUT2D eigenvalue weighted by Crippen LogP contribution is 2.28. The van der Waals surface area contributed by atoms with Gasteiger partial charge in [-0.1, -0.05) is 29.4 Å². The van der Waals surface area contributed by atoms with E-state index < -0.39 is 0 Å². The lowest BCUT2D eigenvalue weighted by atomic mass is 10.1. The molecular formula is C20H20ClN3O4S. The van der Waals surface area contributed by atoms with Crippen LogP contribution in [0, 0.1) is 13.8 Å². The van der Waals surface area contributed by atoms with Gasteiger partial charge in [-0.3, -0.25) is 4.79 Å². The van der Waals surface area contributed by atoms with E-state index >= 15 is 0 Å². The summed E-state index contributed by atoms with van der Waals surface area (Å²) in [6, 6.07) is 10.9. The molecule has 29 heavy (non-hydrogen) atoms. The summed E-state index contributed by atoms with van der Waals surface area (Å²) in [6.45, 7) is 4.17. The lowest BCUT2D eigenvalue weighted by Gasteiger charge is -2.09. The number of rotatable bonds is 8. The standard InChI is InChI=1S/C20H20ClN3O4S/c1-12-6-13(2)8-15(7-12)27-10-19-23-24-20(28-19)29-11-18(25)22-16-9-14(21)4-5-17(16)26-3/h4-9H,10-11H2,1-3H3,(H,22,25). The zero-order chi connectivity index (χ0) is 20.8. The van der Waals surface area contributed by atoms with Crippen LogP contribution in [-0.4, -0.2) is 29.0 Å². The van der Waals surface area contributed by atoms with Crippen molar-refractivity contribution >= 4 is 35.0 Å². The van der Waals surface area contributed by atoms with Crippen LogP contribution < -0.4 is 14.8 Å². The Bertz CT molecular complexity index is 989. The van der Waals surface area contributed by atoms with Crippen LogP contribution >= 0.6 is 23.4 Å². The van der Waals surface area contributed by atoms with E-state index in [4.69, 9.17) is 25.5 Å². The number of nitrogens with one attached hydrogen (secondary N) is 1. The Balaban J connectivity index is 1.51. The molecule has 0 bridgehead atoms. The first-order chi connectivity index (χ1) is 13.9. The fourth-order valence-electron chi connectivity index (χ4n) is 2.61. The Labute approximate surface area is 177 Å². The molecule has 1 amide bonds. The zero-order valence-electron chi connectivity index (χ0n) is 16.2. The SMILES string of the molecule is COc1ccc(Cl)cc1NC(=O)CSc1nnc(COc2cc(C)cc(C)c2)o1. The number of carbonyl (C=O) groups is 1. The summed E-state index contributed by atoms with van der Waals surface area (Å²) in [5.41, 5.74) is 2.73. The number of carbonyl (C=O) groups excluding carboxylic acids is 1. The van der Waals surface area contributed by atoms with Crippen molar-refractivity contribution in [3.05, 3.63) is 58.4 Å². The zero-order valence-corrected chi connectivity index (χ0v) is 17.8. The third kappa shape index (κ3) is 6.13. The Hall–Kier alpha value is -2.71. The van der Waals surface area contributed by atoms with E-state index in [1.165, 1.54) is 7.11 Å². The van der Waals surface area contributed by atoms with Gasteiger partial charge < -0.3 is 19.2 Å². The molecule has 0 unspecified atom stereocenters. The summed E-state index contributed by atoms with van der Waals surface area (Å²) in [6.07, 6.45) is 0. The molecule has 9 heteroatoms. The van der Waals surface area contributed by atoms with Crippen molar-refractivity contribution in [2.24, 2.45) is 0 Å². The van der Waals surface area contributed by atoms with Crippen LogP contribution in [0.5, 0.6) is 11.5 Å². The van der Waals surface area contributed by atoms with Crippen LogP contribution in [0.4, 0.5) is 5.69 Å². The van der Waals surface area contributed by atoms with Crippen LogP contribution in [0.15, 0.2) is 46.0 Å². The Morgan fingerprint density at radius 3 is 2.66 bits per heavy atom. The maximum atomic E-state index is 12.2. The van der Waals surface area contributed by atoms with Crippen molar-refractivity contribution in [1.29, 1.82) is 0 Å². The van der Waals surface area contributed by atoms with Crippen molar-refractivity contribution in [2.75, 3.05) is 18.2 Å². The van der Waals surface area contributed by atoms with Crippen LogP contribution in [-0.2, 0) is 11.4 Å². The number of anilines is 1. The lowest BCUT2D eigenvalue weighted by Crippen LogP contribution is -2.14. The maximum absolute atomic E-state index is 12.2. The molecular weight excluding hydrogens is 414 g/mol. The fraction of sp³-hybridized carbons (Fsp3) is 0.250. The second-order valence-electron chi connectivity index (χ2n) is 6.26. The van der Waals surface area contributed by atoms with E-state index in [-0.39, 0.29) is 23.5 Å². The van der Waals surface area contributed by atoms with Crippen LogP contribution in [0.1, 0.15) is 17.0 Å². The molecule has 0 fully saturated rings. The number of aryl methyl sites for hydroxylation is 2. The highest BCUT2D eigenvalue weighted by molar-refractivity contribution is 7.99. The van der Waals surface area contributed by atoms with Gasteiger partial charge in [-0.05, 0) is 55.3 Å². The largest absolute Gasteiger partial charge is 0.495 e. The number of nitrogens with zero attached hydrogens (tertiary/aromatic N) is 2. The highest BCUT2D eigenvalue weighted by atomic mass is 35.5. The average Bonchev–Trinajstić information content (AvgIpc) is 3.12. The summed E-state index contributed by atoms with van der Waals surface area (Å²) in [4.78, 5) is 12.2. The predicted molar refractivity (Wildman–Crippen MR) is 112 cm³/mol. The summed E-state index contributed by atoms with van der Waals surface area (Å²) in [5.74, 6) is 1.45. The van der Waals surface area contributed by atoms with E-state index in [0.717, 1.165) is 28.6 Å². The van der Waals surface area contributed by atoms with E-state index in [0.29, 0.717) is 22.4 Å². The third-order valence-corrected chi connectivity index (χ3v) is 4.82. The number of hydrogen-bond acceptors (Lipinski definition) is 7. The summed E-state index contributed by atoms with van der Waals surface area (Å²) in [5, 5.41) is 11.4.